The van der Waals surface area contributed by atoms with E-state index in [1.807, 2.05) is 0 Å². The molecular weight excluding hydrogens is 501 g/mol. The minimum absolute atomic E-state index is 1.19. The van der Waals surface area contributed by atoms with E-state index in [0.717, 1.165) is 0 Å². The number of likely N-dealkylation sites (N-methyl/N-ethyl adjacent to an activating group) is 1. The zero-order chi connectivity index (χ0) is 27.8. The summed E-state index contributed by atoms with van der Waals surface area (Å²) in [5, 5.41) is 0. The molecular formula is C34H72N2S2. The van der Waals surface area contributed by atoms with Crippen molar-refractivity contribution in [2.24, 2.45) is 0 Å². The fraction of sp³-hybridized carbons (Fsp3) is 1.00. The Morgan fingerprint density at radius 2 is 0.632 bits per heavy atom. The van der Waals surface area contributed by atoms with Gasteiger partial charge < -0.3 is 9.80 Å². The molecule has 0 amide bonds. The van der Waals surface area contributed by atoms with E-state index >= 15 is 0 Å². The molecule has 0 aliphatic rings. The Hall–Kier alpha value is 0.620. The van der Waals surface area contributed by atoms with E-state index in [4.69, 9.17) is 0 Å². The number of hydrogen-bond acceptors (Lipinski definition) is 4. The van der Waals surface area contributed by atoms with Gasteiger partial charge in [-0.3, -0.25) is 0 Å². The third kappa shape index (κ3) is 29.6. The van der Waals surface area contributed by atoms with E-state index in [1.54, 1.807) is 0 Å². The standard InChI is InChI=1S/C34H72N2S2/c1-5-9-11-13-15-17-19-21-23-31-37-33-25-27-36(30-29-35(7-3)8-4)28-26-34-38-32-24-22-20-18-16-14-12-10-6-2/h5-34H2,1-4H3. The van der Waals surface area contributed by atoms with Gasteiger partial charge in [0.05, 0.1) is 0 Å². The van der Waals surface area contributed by atoms with Crippen LogP contribution in [0.3, 0.4) is 0 Å². The van der Waals surface area contributed by atoms with Crippen molar-refractivity contribution in [2.75, 3.05) is 62.3 Å². The molecule has 0 N–H and O–H groups in total. The molecule has 38 heavy (non-hydrogen) atoms. The Morgan fingerprint density at radius 3 is 1.00 bits per heavy atom. The summed E-state index contributed by atoms with van der Waals surface area (Å²) in [6.07, 6.45) is 28.7. The normalized spacial score (nSPS) is 11.8. The molecule has 0 aromatic rings. The van der Waals surface area contributed by atoms with Crippen LogP contribution >= 0.6 is 23.5 Å². The molecule has 0 spiro atoms. The van der Waals surface area contributed by atoms with Gasteiger partial charge in [0.25, 0.3) is 0 Å². The summed E-state index contributed by atoms with van der Waals surface area (Å²) < 4.78 is 0. The van der Waals surface area contributed by atoms with Crippen LogP contribution in [0.25, 0.3) is 0 Å². The van der Waals surface area contributed by atoms with E-state index in [2.05, 4.69) is 61.0 Å². The Balaban J connectivity index is 3.77. The molecule has 4 heteroatoms. The molecule has 0 heterocycles. The SMILES string of the molecule is CCCCCCCCCCCSCCCN(CCCSCCCCCCCCCCC)CCN(CC)CC. The Kier molecular flexibility index (Phi) is 34.4. The van der Waals surface area contributed by atoms with Gasteiger partial charge in [-0.2, -0.15) is 23.5 Å². The Morgan fingerprint density at radius 1 is 0.316 bits per heavy atom. The summed E-state index contributed by atoms with van der Waals surface area (Å²) in [6, 6.07) is 0. The van der Waals surface area contributed by atoms with Gasteiger partial charge in [-0.15, -0.1) is 0 Å². The van der Waals surface area contributed by atoms with Gasteiger partial charge in [0.2, 0.25) is 0 Å². The number of hydrogen-bond donors (Lipinski definition) is 0. The lowest BCUT2D eigenvalue weighted by atomic mass is 10.1. The fourth-order valence-electron chi connectivity index (χ4n) is 5.17. The summed E-state index contributed by atoms with van der Waals surface area (Å²) in [7, 11) is 0. The first-order valence-corrected chi connectivity index (χ1v) is 19.7. The van der Waals surface area contributed by atoms with Crippen molar-refractivity contribution in [2.45, 2.75) is 156 Å². The highest BCUT2D eigenvalue weighted by molar-refractivity contribution is 7.99. The molecule has 0 bridgehead atoms. The van der Waals surface area contributed by atoms with Crippen molar-refractivity contribution < 1.29 is 0 Å². The molecule has 0 aromatic carbocycles. The molecule has 0 aliphatic carbocycles. The van der Waals surface area contributed by atoms with Crippen molar-refractivity contribution in [1.82, 2.24) is 9.80 Å². The van der Waals surface area contributed by atoms with Gasteiger partial charge in [0.1, 0.15) is 0 Å². The number of nitrogens with zero attached hydrogens (tertiary/aromatic N) is 2. The maximum atomic E-state index is 2.77. The van der Waals surface area contributed by atoms with Crippen LogP contribution < -0.4 is 0 Å². The minimum atomic E-state index is 1.19. The van der Waals surface area contributed by atoms with Crippen molar-refractivity contribution in [3.05, 3.63) is 0 Å². The Labute approximate surface area is 251 Å². The lowest BCUT2D eigenvalue weighted by Gasteiger charge is -2.26. The molecule has 0 aromatic heterocycles. The molecule has 0 radical (unpaired) electrons. The number of unbranched alkanes of at least 4 members (excludes halogenated alkanes) is 16. The van der Waals surface area contributed by atoms with E-state index in [9.17, 15) is 0 Å². The van der Waals surface area contributed by atoms with Crippen molar-refractivity contribution in [3.63, 3.8) is 0 Å². The smallest absolute Gasteiger partial charge is 0.0109 e. The third-order valence-electron chi connectivity index (χ3n) is 7.94. The largest absolute Gasteiger partial charge is 0.303 e. The van der Waals surface area contributed by atoms with Gasteiger partial charge in [-0.25, -0.2) is 0 Å². The zero-order valence-corrected chi connectivity index (χ0v) is 28.6. The van der Waals surface area contributed by atoms with Crippen LogP contribution in [-0.2, 0) is 0 Å². The highest BCUT2D eigenvalue weighted by atomic mass is 32.2. The van der Waals surface area contributed by atoms with Crippen LogP contribution in [0.15, 0.2) is 0 Å². The predicted molar refractivity (Wildman–Crippen MR) is 183 cm³/mol. The molecule has 0 aliphatic heterocycles. The number of rotatable bonds is 33. The van der Waals surface area contributed by atoms with Gasteiger partial charge in [0.15, 0.2) is 0 Å². The summed E-state index contributed by atoms with van der Waals surface area (Å²) >= 11 is 4.42. The first-order valence-electron chi connectivity index (χ1n) is 17.4. The molecule has 0 atom stereocenters. The second kappa shape index (κ2) is 33.8. The van der Waals surface area contributed by atoms with Crippen molar-refractivity contribution in [1.29, 1.82) is 0 Å². The van der Waals surface area contributed by atoms with Crippen LogP contribution in [0.4, 0.5) is 0 Å². The second-order valence-electron chi connectivity index (χ2n) is 11.5. The molecule has 0 unspecified atom stereocenters. The van der Waals surface area contributed by atoms with Gasteiger partial charge >= 0.3 is 0 Å². The average molecular weight is 573 g/mol. The summed E-state index contributed by atoms with van der Waals surface area (Å²) in [4.78, 5) is 5.36. The lowest BCUT2D eigenvalue weighted by molar-refractivity contribution is 0.215. The second-order valence-corrected chi connectivity index (χ2v) is 13.9. The Bertz CT molecular complexity index is 387. The van der Waals surface area contributed by atoms with E-state index in [-0.39, 0.29) is 0 Å². The molecule has 0 fully saturated rings. The van der Waals surface area contributed by atoms with Crippen LogP contribution in [0.1, 0.15) is 156 Å². The first kappa shape index (κ1) is 38.6. The fourth-order valence-corrected chi connectivity index (χ4v) is 7.06. The first-order chi connectivity index (χ1) is 18.8. The quantitative estimate of drug-likeness (QED) is 0.0721. The average Bonchev–Trinajstić information content (AvgIpc) is 2.93. The van der Waals surface area contributed by atoms with Crippen molar-refractivity contribution >= 4 is 23.5 Å². The maximum absolute atomic E-state index is 2.77. The predicted octanol–water partition coefficient (Wildman–Crippen LogP) is 10.9. The third-order valence-corrected chi connectivity index (χ3v) is 10.2. The van der Waals surface area contributed by atoms with Crippen LogP contribution in [0.2, 0.25) is 0 Å². The topological polar surface area (TPSA) is 6.48 Å². The minimum Gasteiger partial charge on any atom is -0.303 e. The van der Waals surface area contributed by atoms with E-state index in [1.165, 1.54) is 191 Å². The summed E-state index contributed by atoms with van der Waals surface area (Å²) in [5.41, 5.74) is 0. The van der Waals surface area contributed by atoms with Crippen LogP contribution in [0, 0.1) is 0 Å². The number of thioether (sulfide) groups is 2. The monoisotopic (exact) mass is 573 g/mol. The van der Waals surface area contributed by atoms with Gasteiger partial charge in [0, 0.05) is 13.1 Å². The van der Waals surface area contributed by atoms with E-state index < -0.39 is 0 Å². The molecule has 0 saturated carbocycles. The summed E-state index contributed by atoms with van der Waals surface area (Å²) in [5.74, 6) is 5.47. The molecule has 0 rings (SSSR count). The van der Waals surface area contributed by atoms with Gasteiger partial charge in [-0.05, 0) is 74.9 Å². The van der Waals surface area contributed by atoms with E-state index in [0.29, 0.717) is 0 Å². The molecule has 0 saturated heterocycles. The maximum Gasteiger partial charge on any atom is 0.0109 e. The summed E-state index contributed by atoms with van der Waals surface area (Å²) in [6.45, 7) is 16.7. The van der Waals surface area contributed by atoms with Crippen LogP contribution in [-0.4, -0.2) is 72.1 Å². The molecule has 230 valence electrons. The van der Waals surface area contributed by atoms with Crippen LogP contribution in [0.5, 0.6) is 0 Å². The van der Waals surface area contributed by atoms with Gasteiger partial charge in [-0.1, -0.05) is 130 Å². The highest BCUT2D eigenvalue weighted by Gasteiger charge is 2.07. The lowest BCUT2D eigenvalue weighted by Crippen LogP contribution is -2.36. The van der Waals surface area contributed by atoms with Crippen molar-refractivity contribution in [3.8, 4) is 0 Å². The zero-order valence-electron chi connectivity index (χ0n) is 26.9. The molecule has 2 nitrogen and oxygen atoms in total. The highest BCUT2D eigenvalue weighted by Crippen LogP contribution is 2.14.